The number of hydrogen-bond donors (Lipinski definition) is 1. The maximum atomic E-state index is 6.74. The topological polar surface area (TPSA) is 30.1 Å². The molecule has 198 valence electrons. The Hall–Kier alpha value is -4.71. The molecule has 5 heteroatoms. The number of nitrogens with one attached hydrogen (secondary N) is 1. The normalized spacial score (nSPS) is 15.0. The Balaban J connectivity index is 1.23. The molecule has 0 saturated heterocycles. The Morgan fingerprint density at radius 1 is 0.595 bits per heavy atom. The van der Waals surface area contributed by atoms with Crippen LogP contribution in [-0.2, 0) is 0 Å². The SMILES string of the molecule is c1ccc2c(c1)oc1c(C3Nc4c(ccc5sc6ccccc6c45)S3)ccc(-n3c4ccccc4c4ccccc43)c12. The van der Waals surface area contributed by atoms with E-state index in [1.54, 1.807) is 0 Å². The van der Waals surface area contributed by atoms with Crippen LogP contribution in [-0.4, -0.2) is 4.57 Å². The van der Waals surface area contributed by atoms with Crippen LogP contribution < -0.4 is 5.32 Å². The molecule has 10 rings (SSSR count). The molecule has 1 aliphatic rings. The molecule has 0 spiro atoms. The first-order valence-electron chi connectivity index (χ1n) is 14.1. The molecule has 3 nitrogen and oxygen atoms in total. The van der Waals surface area contributed by atoms with Gasteiger partial charge in [-0.05, 0) is 42.5 Å². The number of nitrogens with zero attached hydrogens (tertiary/aromatic N) is 1. The summed E-state index contributed by atoms with van der Waals surface area (Å²) in [6.07, 6.45) is 0. The Bertz CT molecular complexity index is 2500. The number of hydrogen-bond acceptors (Lipinski definition) is 4. The standard InChI is InChI=1S/C37H22N2OS2/c1-5-13-26-21(9-1)22-10-2-6-14-27(22)39(26)28-18-17-25(36-33(28)23-11-3-7-15-29(23)40-36)37-38-35-32(42-37)20-19-31-34(35)24-12-4-8-16-30(24)41-31/h1-20,37-38H. The third-order valence-electron chi connectivity index (χ3n) is 8.66. The van der Waals surface area contributed by atoms with Gasteiger partial charge in [-0.15, -0.1) is 11.3 Å². The molecule has 1 aliphatic heterocycles. The summed E-state index contributed by atoms with van der Waals surface area (Å²) >= 11 is 3.74. The molecule has 9 aromatic rings. The molecule has 1 atom stereocenters. The number of rotatable bonds is 2. The second kappa shape index (κ2) is 8.41. The summed E-state index contributed by atoms with van der Waals surface area (Å²) in [6.45, 7) is 0. The molecule has 0 amide bonds. The van der Waals surface area contributed by atoms with Crippen LogP contribution in [0.2, 0.25) is 0 Å². The van der Waals surface area contributed by atoms with Crippen LogP contribution in [0.25, 0.3) is 69.6 Å². The van der Waals surface area contributed by atoms with Crippen molar-refractivity contribution < 1.29 is 4.42 Å². The van der Waals surface area contributed by atoms with Crippen LogP contribution >= 0.6 is 23.1 Å². The predicted octanol–water partition coefficient (Wildman–Crippen LogP) is 11.3. The highest BCUT2D eigenvalue weighted by molar-refractivity contribution is 8.00. The lowest BCUT2D eigenvalue weighted by molar-refractivity contribution is 0.663. The molecule has 0 aliphatic carbocycles. The number of furan rings is 1. The molecule has 4 heterocycles. The number of thioether (sulfide) groups is 1. The fraction of sp³-hybridized carbons (Fsp3) is 0.0270. The first-order chi connectivity index (χ1) is 20.8. The molecular weight excluding hydrogens is 553 g/mol. The molecule has 42 heavy (non-hydrogen) atoms. The van der Waals surface area contributed by atoms with E-state index in [-0.39, 0.29) is 5.37 Å². The summed E-state index contributed by atoms with van der Waals surface area (Å²) in [6, 6.07) is 43.7. The van der Waals surface area contributed by atoms with Crippen molar-refractivity contribution in [2.45, 2.75) is 10.3 Å². The van der Waals surface area contributed by atoms with Crippen LogP contribution in [0, 0.1) is 0 Å². The Labute approximate surface area is 249 Å². The fourth-order valence-corrected chi connectivity index (χ4v) is 9.16. The minimum Gasteiger partial charge on any atom is -0.456 e. The summed E-state index contributed by atoms with van der Waals surface area (Å²) in [5.41, 5.74) is 7.79. The van der Waals surface area contributed by atoms with Crippen molar-refractivity contribution in [1.82, 2.24) is 4.57 Å². The van der Waals surface area contributed by atoms with Gasteiger partial charge >= 0.3 is 0 Å². The summed E-state index contributed by atoms with van der Waals surface area (Å²) in [5, 5.41) is 11.4. The third-order valence-corrected chi connectivity index (χ3v) is 11.0. The second-order valence-electron chi connectivity index (χ2n) is 10.9. The zero-order chi connectivity index (χ0) is 27.4. The van der Waals surface area contributed by atoms with Gasteiger partial charge < -0.3 is 14.3 Å². The van der Waals surface area contributed by atoms with Crippen LogP contribution in [0.1, 0.15) is 10.9 Å². The van der Waals surface area contributed by atoms with Crippen LogP contribution in [0.15, 0.2) is 131 Å². The summed E-state index contributed by atoms with van der Waals surface area (Å²) in [5.74, 6) is 0. The average molecular weight is 575 g/mol. The molecule has 1 N–H and O–H groups in total. The van der Waals surface area contributed by atoms with Crippen molar-refractivity contribution in [2.24, 2.45) is 0 Å². The minimum atomic E-state index is 0.0412. The minimum absolute atomic E-state index is 0.0412. The van der Waals surface area contributed by atoms with Gasteiger partial charge in [0.1, 0.15) is 16.5 Å². The van der Waals surface area contributed by atoms with E-state index < -0.39 is 0 Å². The first-order valence-corrected chi connectivity index (χ1v) is 15.8. The number of fused-ring (bicyclic) bond motifs is 11. The molecule has 0 bridgehead atoms. The Morgan fingerprint density at radius 3 is 2.10 bits per heavy atom. The smallest absolute Gasteiger partial charge is 0.143 e. The second-order valence-corrected chi connectivity index (χ2v) is 13.1. The van der Waals surface area contributed by atoms with Crippen LogP contribution in [0.5, 0.6) is 0 Å². The van der Waals surface area contributed by atoms with Crippen molar-refractivity contribution in [3.05, 3.63) is 127 Å². The van der Waals surface area contributed by atoms with Crippen LogP contribution in [0.4, 0.5) is 5.69 Å². The Morgan fingerprint density at radius 2 is 1.29 bits per heavy atom. The third kappa shape index (κ3) is 3.02. The van der Waals surface area contributed by atoms with Crippen molar-refractivity contribution in [2.75, 3.05) is 5.32 Å². The fourth-order valence-electron chi connectivity index (χ4n) is 6.87. The average Bonchev–Trinajstić information content (AvgIpc) is 3.80. The molecule has 0 fully saturated rings. The van der Waals surface area contributed by atoms with Gasteiger partial charge in [0.25, 0.3) is 0 Å². The molecule has 0 saturated carbocycles. The molecule has 1 unspecified atom stereocenters. The largest absolute Gasteiger partial charge is 0.456 e. The molecule has 0 radical (unpaired) electrons. The lowest BCUT2D eigenvalue weighted by Gasteiger charge is -2.15. The zero-order valence-electron chi connectivity index (χ0n) is 22.3. The maximum absolute atomic E-state index is 6.74. The van der Waals surface area contributed by atoms with Gasteiger partial charge in [0.05, 0.1) is 27.8 Å². The van der Waals surface area contributed by atoms with Gasteiger partial charge in [-0.3, -0.25) is 0 Å². The van der Waals surface area contributed by atoms with Gasteiger partial charge in [0, 0.05) is 46.8 Å². The number of thiophene rings is 1. The summed E-state index contributed by atoms with van der Waals surface area (Å²) in [7, 11) is 0. The Kier molecular flexibility index (Phi) is 4.59. The molecule has 6 aromatic carbocycles. The van der Waals surface area contributed by atoms with E-state index in [4.69, 9.17) is 4.42 Å². The van der Waals surface area contributed by atoms with E-state index in [0.29, 0.717) is 0 Å². The number of anilines is 1. The van der Waals surface area contributed by atoms with E-state index in [1.165, 1.54) is 58.1 Å². The quantitative estimate of drug-likeness (QED) is 0.223. The van der Waals surface area contributed by atoms with E-state index in [0.717, 1.165) is 27.6 Å². The van der Waals surface area contributed by atoms with E-state index >= 15 is 0 Å². The summed E-state index contributed by atoms with van der Waals surface area (Å²) in [4.78, 5) is 1.28. The van der Waals surface area contributed by atoms with Crippen LogP contribution in [0.3, 0.4) is 0 Å². The van der Waals surface area contributed by atoms with Gasteiger partial charge in [0.2, 0.25) is 0 Å². The summed E-state index contributed by atoms with van der Waals surface area (Å²) < 4.78 is 11.8. The number of benzene rings is 6. The van der Waals surface area contributed by atoms with E-state index in [9.17, 15) is 0 Å². The van der Waals surface area contributed by atoms with Gasteiger partial charge in [-0.2, -0.15) is 0 Å². The van der Waals surface area contributed by atoms with Gasteiger partial charge in [0.15, 0.2) is 0 Å². The highest BCUT2D eigenvalue weighted by Crippen LogP contribution is 2.54. The monoisotopic (exact) mass is 574 g/mol. The highest BCUT2D eigenvalue weighted by Gasteiger charge is 2.30. The van der Waals surface area contributed by atoms with Crippen molar-refractivity contribution in [3.8, 4) is 5.69 Å². The molecular formula is C37H22N2OS2. The van der Waals surface area contributed by atoms with Crippen molar-refractivity contribution >= 4 is 92.7 Å². The predicted molar refractivity (Wildman–Crippen MR) is 180 cm³/mol. The number of aromatic nitrogens is 1. The zero-order valence-corrected chi connectivity index (χ0v) is 23.9. The highest BCUT2D eigenvalue weighted by atomic mass is 32.2. The molecule has 3 aromatic heterocycles. The van der Waals surface area contributed by atoms with E-state index in [1.807, 2.05) is 23.1 Å². The maximum Gasteiger partial charge on any atom is 0.143 e. The lowest BCUT2D eigenvalue weighted by Crippen LogP contribution is -2.03. The lowest BCUT2D eigenvalue weighted by atomic mass is 10.1. The first kappa shape index (κ1) is 22.9. The van der Waals surface area contributed by atoms with Crippen molar-refractivity contribution in [3.63, 3.8) is 0 Å². The van der Waals surface area contributed by atoms with Crippen molar-refractivity contribution in [1.29, 1.82) is 0 Å². The van der Waals surface area contributed by atoms with Gasteiger partial charge in [-0.1, -0.05) is 90.6 Å². The van der Waals surface area contributed by atoms with E-state index in [2.05, 4.69) is 131 Å². The number of para-hydroxylation sites is 3. The van der Waals surface area contributed by atoms with Gasteiger partial charge in [-0.25, -0.2) is 0 Å².